The molecule has 0 unspecified atom stereocenters. The smallest absolute Gasteiger partial charge is 0.411 e. The van der Waals surface area contributed by atoms with Crippen LogP contribution in [0.5, 0.6) is 5.75 Å². The first-order valence-electron chi connectivity index (χ1n) is 7.83. The molecule has 2 rings (SSSR count). The average molecular weight is 361 g/mol. The number of halogens is 1. The van der Waals surface area contributed by atoms with Crippen LogP contribution < -0.4 is 15.4 Å². The van der Waals surface area contributed by atoms with E-state index in [0.717, 1.165) is 0 Å². The van der Waals surface area contributed by atoms with Gasteiger partial charge < -0.3 is 19.7 Å². The first-order chi connectivity index (χ1) is 12.5. The Morgan fingerprint density at radius 2 is 1.58 bits per heavy atom. The van der Waals surface area contributed by atoms with Crippen molar-refractivity contribution in [2.75, 3.05) is 37.9 Å². The number of nitrogens with one attached hydrogen (secondary N) is 2. The minimum absolute atomic E-state index is 0.275. The number of rotatable bonds is 6. The Morgan fingerprint density at radius 3 is 2.15 bits per heavy atom. The lowest BCUT2D eigenvalue weighted by Gasteiger charge is -2.18. The number of benzene rings is 2. The van der Waals surface area contributed by atoms with Crippen molar-refractivity contribution in [2.24, 2.45) is 0 Å². The molecule has 26 heavy (non-hydrogen) atoms. The minimum atomic E-state index is -0.567. The quantitative estimate of drug-likeness (QED) is 0.825. The number of methoxy groups -OCH3 is 1. The molecule has 0 aliphatic carbocycles. The molecule has 2 aromatic rings. The molecular formula is C18H20FN3O4. The Bertz CT molecular complexity index is 735. The summed E-state index contributed by atoms with van der Waals surface area (Å²) < 4.78 is 22.8. The Kier molecular flexibility index (Phi) is 6.78. The van der Waals surface area contributed by atoms with E-state index in [4.69, 9.17) is 4.74 Å². The predicted octanol–water partition coefficient (Wildman–Crippen LogP) is 3.55. The molecule has 2 aromatic carbocycles. The summed E-state index contributed by atoms with van der Waals surface area (Å²) in [6.07, 6.45) is -0.567. The fourth-order valence-corrected chi connectivity index (χ4v) is 1.96. The number of carbonyl (C=O) groups excluding carboxylic acids is 2. The second-order valence-electron chi connectivity index (χ2n) is 5.35. The third-order valence-corrected chi connectivity index (χ3v) is 3.42. The van der Waals surface area contributed by atoms with Gasteiger partial charge in [0.1, 0.15) is 18.2 Å². The molecule has 0 heterocycles. The third kappa shape index (κ3) is 5.97. The zero-order chi connectivity index (χ0) is 18.9. The molecule has 138 valence electrons. The van der Waals surface area contributed by atoms with Gasteiger partial charge in [-0.2, -0.15) is 0 Å². The van der Waals surface area contributed by atoms with Gasteiger partial charge in [0.2, 0.25) is 0 Å². The number of nitrogens with zero attached hydrogens (tertiary/aromatic N) is 1. The van der Waals surface area contributed by atoms with E-state index in [-0.39, 0.29) is 18.5 Å². The Balaban J connectivity index is 1.77. The number of hydrogen-bond acceptors (Lipinski definition) is 4. The van der Waals surface area contributed by atoms with Crippen LogP contribution in [0.3, 0.4) is 0 Å². The topological polar surface area (TPSA) is 79.9 Å². The van der Waals surface area contributed by atoms with Crippen LogP contribution >= 0.6 is 0 Å². The normalized spacial score (nSPS) is 9.96. The SMILES string of the molecule is COC(=O)Nc1ccc(NC(=O)N(C)CCOc2ccc(F)cc2)cc1. The summed E-state index contributed by atoms with van der Waals surface area (Å²) in [5, 5.41) is 5.25. The molecule has 0 atom stereocenters. The van der Waals surface area contributed by atoms with E-state index in [0.29, 0.717) is 23.7 Å². The Morgan fingerprint density at radius 1 is 1.00 bits per heavy atom. The average Bonchev–Trinajstić information content (AvgIpc) is 2.64. The minimum Gasteiger partial charge on any atom is -0.492 e. The maximum absolute atomic E-state index is 12.8. The van der Waals surface area contributed by atoms with E-state index in [1.807, 2.05) is 0 Å². The zero-order valence-corrected chi connectivity index (χ0v) is 14.5. The first-order valence-corrected chi connectivity index (χ1v) is 7.83. The third-order valence-electron chi connectivity index (χ3n) is 3.42. The van der Waals surface area contributed by atoms with E-state index < -0.39 is 6.09 Å². The molecular weight excluding hydrogens is 341 g/mol. The lowest BCUT2D eigenvalue weighted by molar-refractivity contribution is 0.187. The van der Waals surface area contributed by atoms with Crippen molar-refractivity contribution >= 4 is 23.5 Å². The Labute approximate surface area is 150 Å². The van der Waals surface area contributed by atoms with Crippen molar-refractivity contribution in [1.29, 1.82) is 0 Å². The van der Waals surface area contributed by atoms with E-state index in [2.05, 4.69) is 15.4 Å². The molecule has 8 heteroatoms. The highest BCUT2D eigenvalue weighted by molar-refractivity contribution is 5.90. The van der Waals surface area contributed by atoms with Gasteiger partial charge in [0.25, 0.3) is 0 Å². The van der Waals surface area contributed by atoms with Crippen molar-refractivity contribution in [3.05, 3.63) is 54.3 Å². The Hall–Kier alpha value is -3.29. The summed E-state index contributed by atoms with van der Waals surface area (Å²) in [7, 11) is 2.91. The molecule has 0 radical (unpaired) electrons. The summed E-state index contributed by atoms with van der Waals surface area (Å²) >= 11 is 0. The van der Waals surface area contributed by atoms with Gasteiger partial charge in [0.15, 0.2) is 0 Å². The van der Waals surface area contributed by atoms with Crippen molar-refractivity contribution in [3.63, 3.8) is 0 Å². The summed E-state index contributed by atoms with van der Waals surface area (Å²) in [6.45, 7) is 0.628. The molecule has 7 nitrogen and oxygen atoms in total. The maximum atomic E-state index is 12.8. The highest BCUT2D eigenvalue weighted by atomic mass is 19.1. The van der Waals surface area contributed by atoms with E-state index in [9.17, 15) is 14.0 Å². The second-order valence-corrected chi connectivity index (χ2v) is 5.35. The van der Waals surface area contributed by atoms with E-state index in [1.165, 1.54) is 36.3 Å². The molecule has 0 aliphatic rings. The fourth-order valence-electron chi connectivity index (χ4n) is 1.96. The van der Waals surface area contributed by atoms with Gasteiger partial charge in [-0.1, -0.05) is 0 Å². The van der Waals surface area contributed by atoms with Crippen LogP contribution in [0, 0.1) is 5.82 Å². The second kappa shape index (κ2) is 9.26. The lowest BCUT2D eigenvalue weighted by Crippen LogP contribution is -2.34. The van der Waals surface area contributed by atoms with Gasteiger partial charge in [0.05, 0.1) is 13.7 Å². The van der Waals surface area contributed by atoms with Gasteiger partial charge >= 0.3 is 12.1 Å². The van der Waals surface area contributed by atoms with Crippen LogP contribution in [0.1, 0.15) is 0 Å². The molecule has 2 N–H and O–H groups in total. The number of ether oxygens (including phenoxy) is 2. The highest BCUT2D eigenvalue weighted by Crippen LogP contribution is 2.14. The van der Waals surface area contributed by atoms with Crippen molar-refractivity contribution in [2.45, 2.75) is 0 Å². The molecule has 0 aromatic heterocycles. The number of hydrogen-bond donors (Lipinski definition) is 2. The van der Waals surface area contributed by atoms with Crippen LogP contribution in [-0.2, 0) is 4.74 Å². The first kappa shape index (κ1) is 19.0. The lowest BCUT2D eigenvalue weighted by atomic mass is 10.3. The highest BCUT2D eigenvalue weighted by Gasteiger charge is 2.09. The summed E-state index contributed by atoms with van der Waals surface area (Å²) in [6, 6.07) is 12.0. The van der Waals surface area contributed by atoms with E-state index in [1.54, 1.807) is 31.3 Å². The maximum Gasteiger partial charge on any atom is 0.411 e. The van der Waals surface area contributed by atoms with Crippen LogP contribution in [0.4, 0.5) is 25.4 Å². The number of amides is 3. The summed E-state index contributed by atoms with van der Waals surface area (Å²) in [5.74, 6) is 0.204. The molecule has 0 saturated heterocycles. The van der Waals surface area contributed by atoms with Gasteiger partial charge in [-0.25, -0.2) is 14.0 Å². The largest absolute Gasteiger partial charge is 0.492 e. The fraction of sp³-hybridized carbons (Fsp3) is 0.222. The molecule has 0 aliphatic heterocycles. The van der Waals surface area contributed by atoms with Gasteiger partial charge in [-0.3, -0.25) is 5.32 Å². The van der Waals surface area contributed by atoms with Crippen LogP contribution in [0.2, 0.25) is 0 Å². The number of anilines is 2. The van der Waals surface area contributed by atoms with E-state index >= 15 is 0 Å². The summed E-state index contributed by atoms with van der Waals surface area (Å²) in [5.41, 5.74) is 1.13. The van der Waals surface area contributed by atoms with Crippen molar-refractivity contribution < 1.29 is 23.5 Å². The number of urea groups is 1. The summed E-state index contributed by atoms with van der Waals surface area (Å²) in [4.78, 5) is 24.7. The van der Waals surface area contributed by atoms with Crippen LogP contribution in [0.15, 0.2) is 48.5 Å². The monoisotopic (exact) mass is 361 g/mol. The molecule has 0 bridgehead atoms. The molecule has 0 spiro atoms. The molecule has 3 amide bonds. The van der Waals surface area contributed by atoms with Gasteiger partial charge in [0, 0.05) is 18.4 Å². The van der Waals surface area contributed by atoms with Crippen molar-refractivity contribution in [3.8, 4) is 5.75 Å². The van der Waals surface area contributed by atoms with Gasteiger partial charge in [-0.05, 0) is 48.5 Å². The standard InChI is InChI=1S/C18H20FN3O4/c1-22(11-12-26-16-9-3-13(19)4-10-16)17(23)20-14-5-7-15(8-6-14)21-18(24)25-2/h3-10H,11-12H2,1-2H3,(H,20,23)(H,21,24). The molecule has 0 saturated carbocycles. The van der Waals surface area contributed by atoms with Gasteiger partial charge in [-0.15, -0.1) is 0 Å². The van der Waals surface area contributed by atoms with Crippen LogP contribution in [0.25, 0.3) is 0 Å². The van der Waals surface area contributed by atoms with Crippen LogP contribution in [-0.4, -0.2) is 44.3 Å². The zero-order valence-electron chi connectivity index (χ0n) is 14.5. The van der Waals surface area contributed by atoms with Crippen molar-refractivity contribution in [1.82, 2.24) is 4.90 Å². The predicted molar refractivity (Wildman–Crippen MR) is 96.0 cm³/mol. The molecule has 0 fully saturated rings. The number of likely N-dealkylation sites (N-methyl/N-ethyl adjacent to an activating group) is 1. The number of carbonyl (C=O) groups is 2.